The van der Waals surface area contributed by atoms with Crippen LogP contribution in [0.2, 0.25) is 0 Å². The molecule has 8 heteroatoms. The van der Waals surface area contributed by atoms with E-state index < -0.39 is 11.6 Å². The molecule has 0 bridgehead atoms. The third-order valence-corrected chi connectivity index (χ3v) is 5.60. The Morgan fingerprint density at radius 2 is 1.90 bits per heavy atom. The molecule has 1 saturated heterocycles. The van der Waals surface area contributed by atoms with Crippen LogP contribution in [0.5, 0.6) is 0 Å². The van der Waals surface area contributed by atoms with Crippen LogP contribution in [0.4, 0.5) is 14.5 Å². The van der Waals surface area contributed by atoms with E-state index in [4.69, 9.17) is 9.15 Å². The molecule has 1 amide bonds. The third-order valence-electron chi connectivity index (χ3n) is 5.60. The van der Waals surface area contributed by atoms with Crippen LogP contribution in [0.25, 0.3) is 0 Å². The summed E-state index contributed by atoms with van der Waals surface area (Å²) in [6.45, 7) is 7.06. The Labute approximate surface area is 179 Å². The van der Waals surface area contributed by atoms with E-state index in [-0.39, 0.29) is 19.0 Å². The fourth-order valence-corrected chi connectivity index (χ4v) is 4.11. The molecule has 1 aliphatic rings. The van der Waals surface area contributed by atoms with E-state index in [1.54, 1.807) is 18.4 Å². The van der Waals surface area contributed by atoms with Crippen molar-refractivity contribution in [3.05, 3.63) is 76.5 Å². The molecule has 1 aromatic carbocycles. The molecule has 6 nitrogen and oxygen atoms in total. The number of halogens is 2. The van der Waals surface area contributed by atoms with Crippen molar-refractivity contribution in [2.45, 2.75) is 26.9 Å². The lowest BCUT2D eigenvalue weighted by Gasteiger charge is -2.29. The van der Waals surface area contributed by atoms with Crippen molar-refractivity contribution < 1.29 is 22.7 Å². The molecule has 0 radical (unpaired) electrons. The summed E-state index contributed by atoms with van der Waals surface area (Å²) in [5.74, 6) is -1.40. The minimum Gasteiger partial charge on any atom is -0.467 e. The molecular weight excluding hydrogens is 404 g/mol. The zero-order chi connectivity index (χ0) is 22.0. The molecule has 0 spiro atoms. The largest absolute Gasteiger partial charge is 0.467 e. The Hall–Kier alpha value is -3.13. The summed E-state index contributed by atoms with van der Waals surface area (Å²) in [6.07, 6.45) is 1.55. The third kappa shape index (κ3) is 4.34. The lowest BCUT2D eigenvalue weighted by molar-refractivity contribution is 0.0938. The fourth-order valence-electron chi connectivity index (χ4n) is 4.11. The molecule has 0 saturated carbocycles. The molecule has 2 aromatic heterocycles. The summed E-state index contributed by atoms with van der Waals surface area (Å²) >= 11 is 0. The van der Waals surface area contributed by atoms with E-state index >= 15 is 0 Å². The maximum absolute atomic E-state index is 13.8. The van der Waals surface area contributed by atoms with Gasteiger partial charge in [-0.05, 0) is 43.7 Å². The highest BCUT2D eigenvalue weighted by molar-refractivity contribution is 5.96. The molecule has 1 aliphatic heterocycles. The van der Waals surface area contributed by atoms with Crippen molar-refractivity contribution in [3.8, 4) is 0 Å². The van der Waals surface area contributed by atoms with Crippen molar-refractivity contribution in [2.75, 3.05) is 31.2 Å². The lowest BCUT2D eigenvalue weighted by Crippen LogP contribution is -2.36. The van der Waals surface area contributed by atoms with Crippen LogP contribution in [-0.2, 0) is 17.8 Å². The molecule has 0 aliphatic carbocycles. The Kier molecular flexibility index (Phi) is 6.08. The van der Waals surface area contributed by atoms with Crippen LogP contribution in [0.3, 0.4) is 0 Å². The minimum absolute atomic E-state index is 0.248. The predicted octanol–water partition coefficient (Wildman–Crippen LogP) is 3.79. The predicted molar refractivity (Wildman–Crippen MR) is 112 cm³/mol. The maximum Gasteiger partial charge on any atom is 0.268 e. The second-order valence-electron chi connectivity index (χ2n) is 7.60. The zero-order valence-electron chi connectivity index (χ0n) is 17.6. The molecule has 1 N–H and O–H groups in total. The number of aromatic nitrogens is 1. The van der Waals surface area contributed by atoms with Gasteiger partial charge in [-0.3, -0.25) is 4.79 Å². The number of carbonyl (C=O) groups is 1. The molecule has 3 aromatic rings. The van der Waals surface area contributed by atoms with Gasteiger partial charge >= 0.3 is 0 Å². The summed E-state index contributed by atoms with van der Waals surface area (Å²) in [6, 6.07) is 7.36. The van der Waals surface area contributed by atoms with Gasteiger partial charge in [0.25, 0.3) is 5.91 Å². The average molecular weight is 429 g/mol. The normalized spacial score (nSPS) is 14.1. The van der Waals surface area contributed by atoms with Crippen LogP contribution in [-0.4, -0.2) is 36.8 Å². The smallest absolute Gasteiger partial charge is 0.268 e. The molecule has 4 rings (SSSR count). The van der Waals surface area contributed by atoms with Crippen molar-refractivity contribution >= 4 is 11.6 Å². The van der Waals surface area contributed by atoms with Gasteiger partial charge in [0.05, 0.1) is 31.7 Å². The van der Waals surface area contributed by atoms with Gasteiger partial charge in [0.1, 0.15) is 11.5 Å². The first-order valence-electron chi connectivity index (χ1n) is 10.2. The maximum atomic E-state index is 13.8. The van der Waals surface area contributed by atoms with Gasteiger partial charge in [0.15, 0.2) is 11.6 Å². The number of hydrogen-bond acceptors (Lipinski definition) is 4. The highest BCUT2D eigenvalue weighted by Crippen LogP contribution is 2.32. The van der Waals surface area contributed by atoms with Gasteiger partial charge in [0.2, 0.25) is 0 Å². The second-order valence-corrected chi connectivity index (χ2v) is 7.60. The van der Waals surface area contributed by atoms with Crippen molar-refractivity contribution in [1.29, 1.82) is 0 Å². The van der Waals surface area contributed by atoms with Crippen molar-refractivity contribution in [1.82, 2.24) is 9.88 Å². The molecule has 164 valence electrons. The van der Waals surface area contributed by atoms with E-state index in [1.807, 2.05) is 18.4 Å². The number of nitrogens with zero attached hydrogens (tertiary/aromatic N) is 2. The number of nitrogens with one attached hydrogen (secondary N) is 1. The van der Waals surface area contributed by atoms with Gasteiger partial charge in [-0.15, -0.1) is 0 Å². The summed E-state index contributed by atoms with van der Waals surface area (Å²) in [5, 5.41) is 2.90. The van der Waals surface area contributed by atoms with E-state index in [1.165, 1.54) is 12.1 Å². The number of ether oxygens (including phenoxy) is 1. The monoisotopic (exact) mass is 429 g/mol. The fraction of sp³-hybridized carbons (Fsp3) is 0.348. The molecule has 31 heavy (non-hydrogen) atoms. The molecule has 0 atom stereocenters. The number of hydrogen-bond donors (Lipinski definition) is 1. The van der Waals surface area contributed by atoms with Crippen LogP contribution in [0.1, 0.15) is 33.1 Å². The van der Waals surface area contributed by atoms with E-state index in [0.29, 0.717) is 30.2 Å². The van der Waals surface area contributed by atoms with E-state index in [0.717, 1.165) is 36.1 Å². The Bertz CT molecular complexity index is 1070. The summed E-state index contributed by atoms with van der Waals surface area (Å²) in [5.41, 5.74) is 3.79. The average Bonchev–Trinajstić information content (AvgIpc) is 3.36. The molecular formula is C23H25F2N3O3. The number of amides is 1. The van der Waals surface area contributed by atoms with E-state index in [2.05, 4.69) is 10.2 Å². The number of benzene rings is 1. The van der Waals surface area contributed by atoms with Gasteiger partial charge in [0, 0.05) is 30.9 Å². The van der Waals surface area contributed by atoms with Crippen molar-refractivity contribution in [2.24, 2.45) is 0 Å². The van der Waals surface area contributed by atoms with Crippen molar-refractivity contribution in [3.63, 3.8) is 0 Å². The Morgan fingerprint density at radius 1 is 1.13 bits per heavy atom. The first kappa shape index (κ1) is 21.1. The first-order valence-corrected chi connectivity index (χ1v) is 10.2. The van der Waals surface area contributed by atoms with Gasteiger partial charge in [-0.25, -0.2) is 8.78 Å². The number of anilines is 1. The van der Waals surface area contributed by atoms with Crippen LogP contribution >= 0.6 is 0 Å². The highest BCUT2D eigenvalue weighted by Gasteiger charge is 2.27. The van der Waals surface area contributed by atoms with Crippen LogP contribution in [0.15, 0.2) is 41.0 Å². The molecule has 0 unspecified atom stereocenters. The SMILES string of the molecule is Cc1c(N2CCOCC2)c(C)n(Cc2ccc(F)c(F)c2)c1C(=O)NCc1ccco1. The standard InChI is InChI=1S/C23H25F2N3O3/c1-15-21(27-7-10-30-11-8-27)16(2)28(14-17-5-6-19(24)20(25)12-17)22(15)23(29)26-13-18-4-3-9-31-18/h3-6,9,12H,7-8,10-11,13-14H2,1-2H3,(H,26,29). The topological polar surface area (TPSA) is 59.6 Å². The quantitative estimate of drug-likeness (QED) is 0.648. The summed E-state index contributed by atoms with van der Waals surface area (Å²) < 4.78 is 39.8. The Balaban J connectivity index is 1.71. The van der Waals surface area contributed by atoms with E-state index in [9.17, 15) is 13.6 Å². The summed E-state index contributed by atoms with van der Waals surface area (Å²) in [7, 11) is 0. The summed E-state index contributed by atoms with van der Waals surface area (Å²) in [4.78, 5) is 15.4. The number of rotatable bonds is 6. The van der Waals surface area contributed by atoms with Gasteiger partial charge < -0.3 is 23.9 Å². The van der Waals surface area contributed by atoms with Gasteiger partial charge in [-0.1, -0.05) is 6.07 Å². The number of furan rings is 1. The number of morpholine rings is 1. The molecule has 1 fully saturated rings. The van der Waals surface area contributed by atoms with Crippen LogP contribution in [0, 0.1) is 25.5 Å². The lowest BCUT2D eigenvalue weighted by atomic mass is 10.1. The zero-order valence-corrected chi connectivity index (χ0v) is 17.6. The van der Waals surface area contributed by atoms with Gasteiger partial charge in [-0.2, -0.15) is 0 Å². The second kappa shape index (κ2) is 8.93. The minimum atomic E-state index is -0.906. The Morgan fingerprint density at radius 3 is 2.58 bits per heavy atom. The number of carbonyl (C=O) groups excluding carboxylic acids is 1. The first-order chi connectivity index (χ1) is 15.0. The van der Waals surface area contributed by atoms with Crippen LogP contribution < -0.4 is 10.2 Å². The molecule has 3 heterocycles. The highest BCUT2D eigenvalue weighted by atomic mass is 19.2.